The molecule has 5 heteroatoms. The SMILES string of the molecule is O=C(CCN1CCNCC1)Nc1cc[nH]c1. The molecule has 0 aromatic carbocycles. The second-order valence-corrected chi connectivity index (χ2v) is 3.99. The van der Waals surface area contributed by atoms with Crippen LogP contribution in [0.5, 0.6) is 0 Å². The Morgan fingerprint density at radius 3 is 2.94 bits per heavy atom. The fourth-order valence-corrected chi connectivity index (χ4v) is 1.82. The Morgan fingerprint density at radius 1 is 1.44 bits per heavy atom. The predicted octanol–water partition coefficient (Wildman–Crippen LogP) is 0.249. The molecule has 1 amide bonds. The average molecular weight is 222 g/mol. The van der Waals surface area contributed by atoms with Crippen LogP contribution in [0.2, 0.25) is 0 Å². The molecule has 1 saturated heterocycles. The lowest BCUT2D eigenvalue weighted by atomic mass is 10.3. The molecule has 88 valence electrons. The Morgan fingerprint density at radius 2 is 2.25 bits per heavy atom. The number of nitrogens with one attached hydrogen (secondary N) is 3. The van der Waals surface area contributed by atoms with Crippen LogP contribution in [0.1, 0.15) is 6.42 Å². The molecule has 0 bridgehead atoms. The minimum atomic E-state index is 0.0816. The van der Waals surface area contributed by atoms with E-state index in [-0.39, 0.29) is 5.91 Å². The third-order valence-electron chi connectivity index (χ3n) is 2.75. The summed E-state index contributed by atoms with van der Waals surface area (Å²) in [5.41, 5.74) is 0.838. The number of aromatic amines is 1. The van der Waals surface area contributed by atoms with Crippen molar-refractivity contribution in [2.75, 3.05) is 38.0 Å². The summed E-state index contributed by atoms with van der Waals surface area (Å²) in [4.78, 5) is 16.8. The van der Waals surface area contributed by atoms with Crippen molar-refractivity contribution < 1.29 is 4.79 Å². The first kappa shape index (κ1) is 11.2. The lowest BCUT2D eigenvalue weighted by molar-refractivity contribution is -0.116. The summed E-state index contributed by atoms with van der Waals surface area (Å²) in [7, 11) is 0. The second kappa shape index (κ2) is 5.67. The van der Waals surface area contributed by atoms with Crippen molar-refractivity contribution in [1.29, 1.82) is 0 Å². The lowest BCUT2D eigenvalue weighted by Crippen LogP contribution is -2.44. The number of anilines is 1. The molecule has 1 fully saturated rings. The number of nitrogens with zero attached hydrogens (tertiary/aromatic N) is 1. The molecule has 0 atom stereocenters. The highest BCUT2D eigenvalue weighted by molar-refractivity contribution is 5.90. The molecule has 3 N–H and O–H groups in total. The van der Waals surface area contributed by atoms with Gasteiger partial charge >= 0.3 is 0 Å². The average Bonchev–Trinajstić information content (AvgIpc) is 2.81. The molecule has 5 nitrogen and oxygen atoms in total. The van der Waals surface area contributed by atoms with E-state index in [0.717, 1.165) is 38.4 Å². The van der Waals surface area contributed by atoms with Crippen molar-refractivity contribution in [3.63, 3.8) is 0 Å². The highest BCUT2D eigenvalue weighted by atomic mass is 16.1. The van der Waals surface area contributed by atoms with Crippen LogP contribution in [0.3, 0.4) is 0 Å². The summed E-state index contributed by atoms with van der Waals surface area (Å²) >= 11 is 0. The number of amides is 1. The Labute approximate surface area is 95.2 Å². The summed E-state index contributed by atoms with van der Waals surface area (Å²) in [5, 5.41) is 6.14. The molecule has 0 spiro atoms. The first-order valence-corrected chi connectivity index (χ1v) is 5.70. The molecular formula is C11H18N4O. The molecular weight excluding hydrogens is 204 g/mol. The van der Waals surface area contributed by atoms with Crippen molar-refractivity contribution >= 4 is 11.6 Å². The maximum Gasteiger partial charge on any atom is 0.225 e. The number of carbonyl (C=O) groups is 1. The summed E-state index contributed by atoms with van der Waals surface area (Å²) in [6.07, 6.45) is 4.14. The zero-order chi connectivity index (χ0) is 11.2. The van der Waals surface area contributed by atoms with E-state index in [1.807, 2.05) is 6.07 Å². The van der Waals surface area contributed by atoms with Crippen LogP contribution in [-0.4, -0.2) is 48.5 Å². The van der Waals surface area contributed by atoms with Crippen molar-refractivity contribution in [3.8, 4) is 0 Å². The number of aromatic nitrogens is 1. The minimum Gasteiger partial charge on any atom is -0.366 e. The van der Waals surface area contributed by atoms with Crippen molar-refractivity contribution in [1.82, 2.24) is 15.2 Å². The third kappa shape index (κ3) is 3.36. The largest absolute Gasteiger partial charge is 0.366 e. The zero-order valence-corrected chi connectivity index (χ0v) is 9.33. The van der Waals surface area contributed by atoms with Gasteiger partial charge in [-0.2, -0.15) is 0 Å². The van der Waals surface area contributed by atoms with E-state index < -0.39 is 0 Å². The maximum absolute atomic E-state index is 11.6. The van der Waals surface area contributed by atoms with Crippen LogP contribution in [0.15, 0.2) is 18.5 Å². The molecule has 1 aromatic rings. The first-order chi connectivity index (χ1) is 7.84. The van der Waals surface area contributed by atoms with Gasteiger partial charge in [-0.3, -0.25) is 4.79 Å². The van der Waals surface area contributed by atoms with Gasteiger partial charge in [-0.05, 0) is 6.07 Å². The molecule has 0 unspecified atom stereocenters. The lowest BCUT2D eigenvalue weighted by Gasteiger charge is -2.26. The molecule has 1 aliphatic rings. The van der Waals surface area contributed by atoms with Gasteiger partial charge in [0.15, 0.2) is 0 Å². The van der Waals surface area contributed by atoms with Crippen LogP contribution >= 0.6 is 0 Å². The monoisotopic (exact) mass is 222 g/mol. The molecule has 1 aromatic heterocycles. The van der Waals surface area contributed by atoms with Gasteiger partial charge in [-0.1, -0.05) is 0 Å². The van der Waals surface area contributed by atoms with Gasteiger partial charge in [0.25, 0.3) is 0 Å². The van der Waals surface area contributed by atoms with Crippen LogP contribution in [-0.2, 0) is 4.79 Å². The van der Waals surface area contributed by atoms with Gasteiger partial charge in [-0.25, -0.2) is 0 Å². The summed E-state index contributed by atoms with van der Waals surface area (Å²) in [6, 6.07) is 1.85. The van der Waals surface area contributed by atoms with E-state index in [4.69, 9.17) is 0 Å². The maximum atomic E-state index is 11.6. The van der Waals surface area contributed by atoms with E-state index in [9.17, 15) is 4.79 Å². The number of rotatable bonds is 4. The van der Waals surface area contributed by atoms with Crippen LogP contribution in [0.4, 0.5) is 5.69 Å². The standard InChI is InChI=1S/C11H18N4O/c16-11(14-10-1-3-13-9-10)2-6-15-7-4-12-5-8-15/h1,3,9,12-13H,2,4-8H2,(H,14,16). The van der Waals surface area contributed by atoms with Gasteiger partial charge in [0, 0.05) is 51.5 Å². The quantitative estimate of drug-likeness (QED) is 0.684. The topological polar surface area (TPSA) is 60.2 Å². The minimum absolute atomic E-state index is 0.0816. The van der Waals surface area contributed by atoms with E-state index in [2.05, 4.69) is 20.5 Å². The number of hydrogen-bond donors (Lipinski definition) is 3. The number of H-pyrrole nitrogens is 1. The molecule has 2 heterocycles. The number of carbonyl (C=O) groups excluding carboxylic acids is 1. The molecule has 0 aliphatic carbocycles. The van der Waals surface area contributed by atoms with Crippen molar-refractivity contribution in [2.45, 2.75) is 6.42 Å². The molecule has 0 radical (unpaired) electrons. The number of hydrogen-bond acceptors (Lipinski definition) is 3. The van der Waals surface area contributed by atoms with E-state index in [1.54, 1.807) is 12.4 Å². The smallest absolute Gasteiger partial charge is 0.225 e. The second-order valence-electron chi connectivity index (χ2n) is 3.99. The third-order valence-corrected chi connectivity index (χ3v) is 2.75. The highest BCUT2D eigenvalue weighted by Crippen LogP contribution is 2.04. The van der Waals surface area contributed by atoms with Crippen molar-refractivity contribution in [3.05, 3.63) is 18.5 Å². The predicted molar refractivity (Wildman–Crippen MR) is 63.3 cm³/mol. The summed E-state index contributed by atoms with van der Waals surface area (Å²) < 4.78 is 0. The zero-order valence-electron chi connectivity index (χ0n) is 9.33. The fraction of sp³-hybridized carbons (Fsp3) is 0.545. The highest BCUT2D eigenvalue weighted by Gasteiger charge is 2.11. The van der Waals surface area contributed by atoms with Gasteiger partial charge in [0.05, 0.1) is 5.69 Å². The van der Waals surface area contributed by atoms with Gasteiger partial charge in [0.1, 0.15) is 0 Å². The first-order valence-electron chi connectivity index (χ1n) is 5.70. The van der Waals surface area contributed by atoms with Crippen LogP contribution in [0.25, 0.3) is 0 Å². The van der Waals surface area contributed by atoms with E-state index in [1.165, 1.54) is 0 Å². The van der Waals surface area contributed by atoms with Crippen LogP contribution < -0.4 is 10.6 Å². The van der Waals surface area contributed by atoms with E-state index >= 15 is 0 Å². The summed E-state index contributed by atoms with van der Waals surface area (Å²) in [6.45, 7) is 4.98. The number of piperazine rings is 1. The van der Waals surface area contributed by atoms with Gasteiger partial charge in [-0.15, -0.1) is 0 Å². The van der Waals surface area contributed by atoms with Crippen molar-refractivity contribution in [2.24, 2.45) is 0 Å². The van der Waals surface area contributed by atoms with Gasteiger partial charge in [0.2, 0.25) is 5.91 Å². The molecule has 2 rings (SSSR count). The Kier molecular flexibility index (Phi) is 3.96. The van der Waals surface area contributed by atoms with Crippen LogP contribution in [0, 0.1) is 0 Å². The molecule has 1 aliphatic heterocycles. The normalized spacial score (nSPS) is 17.2. The Bertz CT molecular complexity index is 317. The van der Waals surface area contributed by atoms with Gasteiger partial charge < -0.3 is 20.5 Å². The fourth-order valence-electron chi connectivity index (χ4n) is 1.82. The summed E-state index contributed by atoms with van der Waals surface area (Å²) in [5.74, 6) is 0.0816. The Hall–Kier alpha value is -1.33. The molecule has 16 heavy (non-hydrogen) atoms. The molecule has 0 saturated carbocycles. The Balaban J connectivity index is 1.67. The van der Waals surface area contributed by atoms with E-state index in [0.29, 0.717) is 6.42 Å².